The van der Waals surface area contributed by atoms with Gasteiger partial charge in [0.2, 0.25) is 0 Å². The number of nitrogens with zero attached hydrogens (tertiary/aromatic N) is 1. The summed E-state index contributed by atoms with van der Waals surface area (Å²) < 4.78 is 28.3. The molecule has 0 spiro atoms. The van der Waals surface area contributed by atoms with Gasteiger partial charge in [-0.2, -0.15) is 0 Å². The van der Waals surface area contributed by atoms with E-state index in [-0.39, 0.29) is 28.0 Å². The second-order valence-electron chi connectivity index (χ2n) is 7.08. The lowest BCUT2D eigenvalue weighted by Gasteiger charge is -2.34. The van der Waals surface area contributed by atoms with Crippen molar-refractivity contribution in [3.05, 3.63) is 58.7 Å². The molecule has 1 fully saturated rings. The van der Waals surface area contributed by atoms with E-state index in [1.54, 1.807) is 12.1 Å². The molecule has 1 amide bonds. The number of aliphatic imine (C=N–C) groups is 1. The monoisotopic (exact) mass is 372 g/mol. The zero-order valence-corrected chi connectivity index (χ0v) is 15.1. The summed E-state index contributed by atoms with van der Waals surface area (Å²) in [5, 5.41) is 3.30. The van der Waals surface area contributed by atoms with Crippen LogP contribution < -0.4 is 16.8 Å². The van der Waals surface area contributed by atoms with E-state index in [2.05, 4.69) is 10.3 Å². The van der Waals surface area contributed by atoms with E-state index in [9.17, 15) is 13.6 Å². The smallest absolute Gasteiger partial charge is 0.250 e. The zero-order valence-electron chi connectivity index (χ0n) is 15.1. The van der Waals surface area contributed by atoms with Crippen LogP contribution in [-0.2, 0) is 5.41 Å². The second kappa shape index (κ2) is 7.44. The van der Waals surface area contributed by atoms with E-state index in [0.29, 0.717) is 11.3 Å². The molecular weight excluding hydrogens is 350 g/mol. The van der Waals surface area contributed by atoms with E-state index in [1.165, 1.54) is 12.3 Å². The van der Waals surface area contributed by atoms with Gasteiger partial charge in [0.05, 0.1) is 16.9 Å². The minimum absolute atomic E-state index is 0.0329. The Morgan fingerprint density at radius 1 is 1.30 bits per heavy atom. The molecule has 1 unspecified atom stereocenters. The van der Waals surface area contributed by atoms with Gasteiger partial charge >= 0.3 is 0 Å². The quantitative estimate of drug-likeness (QED) is 0.569. The number of hydrogen-bond donors (Lipinski definition) is 3. The number of primary amides is 1. The minimum atomic E-state index is -0.827. The van der Waals surface area contributed by atoms with Gasteiger partial charge in [0.1, 0.15) is 11.6 Å². The number of piperidine rings is 1. The average molecular weight is 372 g/mol. The highest BCUT2D eigenvalue weighted by Gasteiger charge is 2.31. The molecule has 1 heterocycles. The summed E-state index contributed by atoms with van der Waals surface area (Å²) in [6.45, 7) is 3.71. The molecule has 0 aromatic heterocycles. The van der Waals surface area contributed by atoms with Crippen LogP contribution in [0.15, 0.2) is 35.3 Å². The Morgan fingerprint density at radius 2 is 2.07 bits per heavy atom. The third-order valence-electron chi connectivity index (χ3n) is 5.00. The maximum atomic E-state index is 14.7. The standard InChI is InChI=1S/C20H22F2N4O/c1-20(5-2-6-25-11-20)16-4-3-14(9-17(16)22)26-10-12-7-13(21)8-15(18(12)23)19(24)27/h3-4,7-10,25H,2,5-6,11,23H2,1H3,(H2,24,27). The third-order valence-corrected chi connectivity index (χ3v) is 5.00. The van der Waals surface area contributed by atoms with Crippen LogP contribution in [0.25, 0.3) is 0 Å². The highest BCUT2D eigenvalue weighted by molar-refractivity contribution is 6.02. The summed E-state index contributed by atoms with van der Waals surface area (Å²) >= 11 is 0. The molecule has 7 heteroatoms. The molecule has 2 aromatic rings. The van der Waals surface area contributed by atoms with Crippen molar-refractivity contribution >= 4 is 23.5 Å². The first-order chi connectivity index (χ1) is 12.8. The molecule has 0 radical (unpaired) electrons. The minimum Gasteiger partial charge on any atom is -0.398 e. The van der Waals surface area contributed by atoms with Gasteiger partial charge in [0.15, 0.2) is 0 Å². The van der Waals surface area contributed by atoms with Crippen molar-refractivity contribution in [1.82, 2.24) is 5.32 Å². The molecule has 0 aliphatic carbocycles. The average Bonchev–Trinajstić information content (AvgIpc) is 2.62. The number of amides is 1. The first-order valence-electron chi connectivity index (χ1n) is 8.74. The Morgan fingerprint density at radius 3 is 2.70 bits per heavy atom. The lowest BCUT2D eigenvalue weighted by atomic mass is 9.76. The molecule has 0 bridgehead atoms. The number of nitrogens with one attached hydrogen (secondary N) is 1. The number of hydrogen-bond acceptors (Lipinski definition) is 4. The Labute approximate surface area is 156 Å². The molecule has 0 saturated carbocycles. The van der Waals surface area contributed by atoms with E-state index in [1.807, 2.05) is 6.92 Å². The molecule has 1 aliphatic rings. The molecule has 1 saturated heterocycles. The lowest BCUT2D eigenvalue weighted by molar-refractivity contribution is 0.100. The highest BCUT2D eigenvalue weighted by Crippen LogP contribution is 2.34. The molecule has 5 N–H and O–H groups in total. The normalized spacial score (nSPS) is 20.1. The van der Waals surface area contributed by atoms with Crippen LogP contribution in [0, 0.1) is 11.6 Å². The van der Waals surface area contributed by atoms with E-state index in [4.69, 9.17) is 11.5 Å². The SMILES string of the molecule is CC1(c2ccc(N=Cc3cc(F)cc(C(N)=O)c3N)cc2F)CCCNC1. The van der Waals surface area contributed by atoms with Crippen LogP contribution in [0.5, 0.6) is 0 Å². The number of benzene rings is 2. The largest absolute Gasteiger partial charge is 0.398 e. The van der Waals surface area contributed by atoms with Crippen molar-refractivity contribution in [2.75, 3.05) is 18.8 Å². The first kappa shape index (κ1) is 19.0. The van der Waals surface area contributed by atoms with Crippen LogP contribution in [0.3, 0.4) is 0 Å². The van der Waals surface area contributed by atoms with Gasteiger partial charge in [-0.3, -0.25) is 9.79 Å². The van der Waals surface area contributed by atoms with Crippen molar-refractivity contribution in [1.29, 1.82) is 0 Å². The van der Waals surface area contributed by atoms with Crippen molar-refractivity contribution in [3.63, 3.8) is 0 Å². The summed E-state index contributed by atoms with van der Waals surface area (Å²) in [6, 6.07) is 6.90. The Hall–Kier alpha value is -2.80. The molecule has 1 atom stereocenters. The van der Waals surface area contributed by atoms with Crippen molar-refractivity contribution in [3.8, 4) is 0 Å². The maximum absolute atomic E-state index is 14.7. The molecule has 1 aliphatic heterocycles. The molecule has 3 rings (SSSR count). The van der Waals surface area contributed by atoms with Crippen molar-refractivity contribution in [2.24, 2.45) is 10.7 Å². The summed E-state index contributed by atoms with van der Waals surface area (Å²) in [5.41, 5.74) is 11.9. The maximum Gasteiger partial charge on any atom is 0.250 e. The number of rotatable bonds is 4. The zero-order chi connectivity index (χ0) is 19.6. The summed E-state index contributed by atoms with van der Waals surface area (Å²) in [6.07, 6.45) is 3.20. The highest BCUT2D eigenvalue weighted by atomic mass is 19.1. The van der Waals surface area contributed by atoms with Crippen LogP contribution in [-0.4, -0.2) is 25.2 Å². The Bertz CT molecular complexity index is 905. The summed E-state index contributed by atoms with van der Waals surface area (Å²) in [7, 11) is 0. The van der Waals surface area contributed by atoms with Crippen molar-refractivity contribution in [2.45, 2.75) is 25.2 Å². The van der Waals surface area contributed by atoms with Gasteiger partial charge in [-0.05, 0) is 49.2 Å². The van der Waals surface area contributed by atoms with Gasteiger partial charge in [0.25, 0.3) is 5.91 Å². The topological polar surface area (TPSA) is 93.5 Å². The number of halogens is 2. The summed E-state index contributed by atoms with van der Waals surface area (Å²) in [4.78, 5) is 15.5. The third kappa shape index (κ3) is 3.98. The Balaban J connectivity index is 1.89. The van der Waals surface area contributed by atoms with E-state index < -0.39 is 11.7 Å². The van der Waals surface area contributed by atoms with Crippen molar-refractivity contribution < 1.29 is 13.6 Å². The second-order valence-corrected chi connectivity index (χ2v) is 7.08. The number of nitrogen functional groups attached to an aromatic ring is 1. The van der Waals surface area contributed by atoms with Gasteiger partial charge in [-0.25, -0.2) is 8.78 Å². The van der Waals surface area contributed by atoms with Gasteiger partial charge in [0, 0.05) is 23.7 Å². The fourth-order valence-electron chi connectivity index (χ4n) is 3.45. The fourth-order valence-corrected chi connectivity index (χ4v) is 3.45. The predicted molar refractivity (Wildman–Crippen MR) is 102 cm³/mol. The van der Waals surface area contributed by atoms with Crippen LogP contribution in [0.2, 0.25) is 0 Å². The summed E-state index contributed by atoms with van der Waals surface area (Å²) in [5.74, 6) is -1.81. The molecule has 5 nitrogen and oxygen atoms in total. The van der Waals surface area contributed by atoms with E-state index >= 15 is 0 Å². The predicted octanol–water partition coefficient (Wildman–Crippen LogP) is 3.04. The lowest BCUT2D eigenvalue weighted by Crippen LogP contribution is -2.41. The van der Waals surface area contributed by atoms with E-state index in [0.717, 1.165) is 38.1 Å². The molecule has 27 heavy (non-hydrogen) atoms. The number of carbonyl (C=O) groups excluding carboxylic acids is 1. The first-order valence-corrected chi connectivity index (χ1v) is 8.74. The molecule has 2 aromatic carbocycles. The fraction of sp³-hybridized carbons (Fsp3) is 0.300. The van der Waals surface area contributed by atoms with Gasteiger partial charge < -0.3 is 16.8 Å². The number of anilines is 1. The van der Waals surface area contributed by atoms with Crippen LogP contribution >= 0.6 is 0 Å². The molecular formula is C20H22F2N4O. The van der Waals surface area contributed by atoms with Gasteiger partial charge in [-0.1, -0.05) is 13.0 Å². The Kier molecular flexibility index (Phi) is 5.23. The number of nitrogens with two attached hydrogens (primary N) is 2. The van der Waals surface area contributed by atoms with Crippen LogP contribution in [0.1, 0.15) is 41.3 Å². The van der Waals surface area contributed by atoms with Crippen LogP contribution in [0.4, 0.5) is 20.2 Å². The molecule has 142 valence electrons. The van der Waals surface area contributed by atoms with Gasteiger partial charge in [-0.15, -0.1) is 0 Å². The number of carbonyl (C=O) groups is 1.